The molecule has 2 aromatic rings. The number of sulfonamides is 1. The largest absolute Gasteiger partial charge is 0.313 e. The molecule has 0 radical (unpaired) electrons. The monoisotopic (exact) mass is 295 g/mol. The molecular weight excluding hydrogens is 278 g/mol. The Morgan fingerprint density at radius 1 is 1.40 bits per heavy atom. The fraction of sp³-hybridized carbons (Fsp3) is 0.333. The predicted molar refractivity (Wildman–Crippen MR) is 75.8 cm³/mol. The predicted octanol–water partition coefficient (Wildman–Crippen LogP) is 1.02. The highest BCUT2D eigenvalue weighted by molar-refractivity contribution is 7.92. The van der Waals surface area contributed by atoms with Crippen LogP contribution in [-0.4, -0.2) is 30.1 Å². The van der Waals surface area contributed by atoms with Crippen molar-refractivity contribution >= 4 is 15.7 Å². The van der Waals surface area contributed by atoms with Gasteiger partial charge in [-0.25, -0.2) is 0 Å². The van der Waals surface area contributed by atoms with E-state index in [0.29, 0.717) is 17.8 Å². The Bertz CT molecular complexity index is 666. The van der Waals surface area contributed by atoms with E-state index in [9.17, 15) is 8.42 Å². The first-order valence-corrected chi connectivity index (χ1v) is 7.70. The Morgan fingerprint density at radius 3 is 2.85 bits per heavy atom. The molecule has 108 valence electrons. The molecule has 3 N–H and O–H groups in total. The minimum Gasteiger partial charge on any atom is -0.313 e. The van der Waals surface area contributed by atoms with Gasteiger partial charge in [0.2, 0.25) is 5.03 Å². The summed E-state index contributed by atoms with van der Waals surface area (Å²) in [7, 11) is -3.73. The van der Waals surface area contributed by atoms with Crippen molar-refractivity contribution in [3.63, 3.8) is 0 Å². The van der Waals surface area contributed by atoms with E-state index in [1.165, 1.54) is 6.20 Å². The molecule has 0 amide bonds. The zero-order valence-electron chi connectivity index (χ0n) is 11.3. The van der Waals surface area contributed by atoms with E-state index in [1.807, 2.05) is 6.92 Å². The fourth-order valence-electron chi connectivity index (χ4n) is 1.74. The normalized spacial score (nSPS) is 11.5. The van der Waals surface area contributed by atoms with Gasteiger partial charge in [-0.1, -0.05) is 6.92 Å². The molecule has 8 heteroatoms. The Kier molecular flexibility index (Phi) is 4.35. The minimum absolute atomic E-state index is 0.0137. The molecule has 0 aliphatic heterocycles. The van der Waals surface area contributed by atoms with Gasteiger partial charge in [0, 0.05) is 24.0 Å². The van der Waals surface area contributed by atoms with Crippen LogP contribution in [0.25, 0.3) is 0 Å². The van der Waals surface area contributed by atoms with E-state index in [4.69, 9.17) is 0 Å². The van der Waals surface area contributed by atoms with Crippen LogP contribution in [0.15, 0.2) is 29.6 Å². The van der Waals surface area contributed by atoms with Crippen LogP contribution in [0.2, 0.25) is 0 Å². The summed E-state index contributed by atoms with van der Waals surface area (Å²) >= 11 is 0. The lowest BCUT2D eigenvalue weighted by atomic mass is 10.2. The van der Waals surface area contributed by atoms with Gasteiger partial charge in [0.15, 0.2) is 0 Å². The van der Waals surface area contributed by atoms with Gasteiger partial charge in [-0.2, -0.15) is 13.5 Å². The number of aromatic nitrogens is 3. The Hall–Kier alpha value is -1.93. The van der Waals surface area contributed by atoms with E-state index < -0.39 is 10.0 Å². The zero-order valence-corrected chi connectivity index (χ0v) is 12.2. The molecule has 2 heterocycles. The van der Waals surface area contributed by atoms with Crippen molar-refractivity contribution in [3.8, 4) is 0 Å². The van der Waals surface area contributed by atoms with Gasteiger partial charge in [0.25, 0.3) is 10.0 Å². The van der Waals surface area contributed by atoms with Crippen molar-refractivity contribution in [2.75, 3.05) is 11.3 Å². The highest BCUT2D eigenvalue weighted by Crippen LogP contribution is 2.19. The topological polar surface area (TPSA) is 99.8 Å². The summed E-state index contributed by atoms with van der Waals surface area (Å²) in [5.41, 5.74) is 1.78. The third-order valence-corrected chi connectivity index (χ3v) is 4.11. The average Bonchev–Trinajstić information content (AvgIpc) is 2.79. The van der Waals surface area contributed by atoms with Crippen molar-refractivity contribution < 1.29 is 8.42 Å². The van der Waals surface area contributed by atoms with Crippen molar-refractivity contribution in [3.05, 3.63) is 35.8 Å². The molecule has 0 atom stereocenters. The Morgan fingerprint density at radius 2 is 2.20 bits per heavy atom. The third-order valence-electron chi connectivity index (χ3n) is 2.76. The van der Waals surface area contributed by atoms with Crippen LogP contribution >= 0.6 is 0 Å². The van der Waals surface area contributed by atoms with Crippen LogP contribution in [0.3, 0.4) is 0 Å². The number of nitrogens with one attached hydrogen (secondary N) is 3. The number of H-pyrrole nitrogens is 1. The maximum Gasteiger partial charge on any atom is 0.281 e. The van der Waals surface area contributed by atoms with Gasteiger partial charge >= 0.3 is 0 Å². The van der Waals surface area contributed by atoms with Gasteiger partial charge in [-0.3, -0.25) is 14.8 Å². The number of nitrogens with zero attached hydrogens (tertiary/aromatic N) is 2. The summed E-state index contributed by atoms with van der Waals surface area (Å²) in [4.78, 5) is 3.87. The highest BCUT2D eigenvalue weighted by atomic mass is 32.2. The summed E-state index contributed by atoms with van der Waals surface area (Å²) in [6.07, 6.45) is 3.02. The number of hydrogen-bond acceptors (Lipinski definition) is 5. The summed E-state index contributed by atoms with van der Waals surface area (Å²) in [6, 6.07) is 3.29. The van der Waals surface area contributed by atoms with Crippen LogP contribution in [0.4, 0.5) is 5.69 Å². The smallest absolute Gasteiger partial charge is 0.281 e. The van der Waals surface area contributed by atoms with E-state index in [2.05, 4.69) is 25.2 Å². The molecule has 0 aromatic carbocycles. The zero-order chi connectivity index (χ0) is 14.6. The number of rotatable bonds is 6. The molecule has 0 spiro atoms. The maximum atomic E-state index is 12.3. The summed E-state index contributed by atoms with van der Waals surface area (Å²) < 4.78 is 27.2. The quantitative estimate of drug-likeness (QED) is 0.739. The fourth-order valence-corrected chi connectivity index (χ4v) is 2.98. The van der Waals surface area contributed by atoms with Crippen LogP contribution in [0.1, 0.15) is 18.2 Å². The van der Waals surface area contributed by atoms with E-state index in [-0.39, 0.29) is 5.03 Å². The van der Waals surface area contributed by atoms with E-state index in [1.54, 1.807) is 25.3 Å². The molecule has 2 rings (SSSR count). The third kappa shape index (κ3) is 3.14. The SMILES string of the molecule is CCNCc1c(S(=O)(=O)Nc2cccnc2)n[nH]c1C. The van der Waals surface area contributed by atoms with E-state index in [0.717, 1.165) is 12.2 Å². The minimum atomic E-state index is -3.73. The highest BCUT2D eigenvalue weighted by Gasteiger charge is 2.23. The number of pyridine rings is 1. The first-order valence-electron chi connectivity index (χ1n) is 6.22. The summed E-state index contributed by atoms with van der Waals surface area (Å²) in [5.74, 6) is 0. The second-order valence-corrected chi connectivity index (χ2v) is 5.86. The molecule has 0 saturated heterocycles. The lowest BCUT2D eigenvalue weighted by Crippen LogP contribution is -2.19. The average molecular weight is 295 g/mol. The van der Waals surface area contributed by atoms with Crippen molar-refractivity contribution in [2.24, 2.45) is 0 Å². The van der Waals surface area contributed by atoms with Crippen molar-refractivity contribution in [1.29, 1.82) is 0 Å². The molecule has 0 bridgehead atoms. The van der Waals surface area contributed by atoms with Gasteiger partial charge in [-0.05, 0) is 25.6 Å². The maximum absolute atomic E-state index is 12.3. The van der Waals surface area contributed by atoms with Crippen LogP contribution < -0.4 is 10.0 Å². The lowest BCUT2D eigenvalue weighted by molar-refractivity contribution is 0.594. The molecule has 0 fully saturated rings. The number of anilines is 1. The van der Waals surface area contributed by atoms with E-state index >= 15 is 0 Å². The number of aromatic amines is 1. The number of hydrogen-bond donors (Lipinski definition) is 3. The number of aryl methyl sites for hydroxylation is 1. The molecule has 20 heavy (non-hydrogen) atoms. The molecule has 7 nitrogen and oxygen atoms in total. The second kappa shape index (κ2) is 6.02. The standard InChI is InChI=1S/C12H17N5O2S/c1-3-13-8-11-9(2)15-16-12(11)20(18,19)17-10-5-4-6-14-7-10/h4-7,13,17H,3,8H2,1-2H3,(H,15,16). The van der Waals surface area contributed by atoms with Crippen molar-refractivity contribution in [1.82, 2.24) is 20.5 Å². The first-order chi connectivity index (χ1) is 9.54. The first kappa shape index (κ1) is 14.5. The van der Waals surface area contributed by atoms with Gasteiger partial charge in [-0.15, -0.1) is 0 Å². The molecular formula is C12H17N5O2S. The van der Waals surface area contributed by atoms with Crippen LogP contribution in [-0.2, 0) is 16.6 Å². The van der Waals surface area contributed by atoms with Crippen molar-refractivity contribution in [2.45, 2.75) is 25.4 Å². The molecule has 0 aliphatic carbocycles. The van der Waals surface area contributed by atoms with Gasteiger partial charge in [0.05, 0.1) is 11.9 Å². The Labute approximate surface area is 117 Å². The van der Waals surface area contributed by atoms with Gasteiger partial charge in [0.1, 0.15) is 0 Å². The molecule has 0 unspecified atom stereocenters. The van der Waals surface area contributed by atoms with Crippen LogP contribution in [0, 0.1) is 6.92 Å². The molecule has 2 aromatic heterocycles. The van der Waals surface area contributed by atoms with Gasteiger partial charge < -0.3 is 5.32 Å². The molecule has 0 saturated carbocycles. The summed E-state index contributed by atoms with van der Waals surface area (Å²) in [5, 5.41) is 9.73. The lowest BCUT2D eigenvalue weighted by Gasteiger charge is -2.08. The Balaban J connectivity index is 2.30. The van der Waals surface area contributed by atoms with Crippen LogP contribution in [0.5, 0.6) is 0 Å². The summed E-state index contributed by atoms with van der Waals surface area (Å²) in [6.45, 7) is 4.95. The molecule has 0 aliphatic rings. The second-order valence-electron chi connectivity index (χ2n) is 4.26.